The van der Waals surface area contributed by atoms with Crippen molar-refractivity contribution in [3.8, 4) is 0 Å². The number of benzene rings is 1. The topological polar surface area (TPSA) is 84.2 Å². The van der Waals surface area contributed by atoms with Gasteiger partial charge in [-0.1, -0.05) is 18.2 Å². The number of hydrogen-bond donors (Lipinski definition) is 3. The lowest BCUT2D eigenvalue weighted by Gasteiger charge is -2.15. The molecule has 2 rings (SSSR count). The Bertz CT molecular complexity index is 475. The van der Waals surface area contributed by atoms with E-state index in [0.29, 0.717) is 6.54 Å². The van der Waals surface area contributed by atoms with E-state index < -0.39 is 0 Å². The van der Waals surface area contributed by atoms with E-state index in [4.69, 9.17) is 5.73 Å². The molecule has 1 fully saturated rings. The fraction of sp³-hybridized carbons (Fsp3) is 0.429. The lowest BCUT2D eigenvalue weighted by Crippen LogP contribution is -2.41. The van der Waals surface area contributed by atoms with E-state index in [1.165, 1.54) is 4.90 Å². The van der Waals surface area contributed by atoms with Crippen molar-refractivity contribution < 1.29 is 9.59 Å². The fourth-order valence-electron chi connectivity index (χ4n) is 1.77. The first kappa shape index (κ1) is 14.9. The molecule has 4 N–H and O–H groups in total. The molecule has 1 aromatic rings. The van der Waals surface area contributed by atoms with E-state index >= 15 is 0 Å². The van der Waals surface area contributed by atoms with E-state index in [1.807, 2.05) is 18.2 Å². The maximum Gasteiger partial charge on any atom is 0.239 e. The maximum absolute atomic E-state index is 11.6. The first-order valence-electron chi connectivity index (χ1n) is 6.61. The van der Waals surface area contributed by atoms with Crippen LogP contribution in [-0.4, -0.2) is 36.2 Å². The molecule has 0 unspecified atom stereocenters. The summed E-state index contributed by atoms with van der Waals surface area (Å²) >= 11 is 1.81. The summed E-state index contributed by atoms with van der Waals surface area (Å²) in [5, 5.41) is 5.33. The van der Waals surface area contributed by atoms with Crippen molar-refractivity contribution in [3.05, 3.63) is 30.3 Å². The van der Waals surface area contributed by atoms with E-state index in [9.17, 15) is 9.59 Å². The summed E-state index contributed by atoms with van der Waals surface area (Å²) < 4.78 is 0.120. The zero-order valence-electron chi connectivity index (χ0n) is 11.2. The van der Waals surface area contributed by atoms with Crippen LogP contribution in [0.15, 0.2) is 35.2 Å². The Morgan fingerprint density at radius 3 is 2.45 bits per heavy atom. The molecule has 2 amide bonds. The van der Waals surface area contributed by atoms with Gasteiger partial charge in [-0.25, -0.2) is 0 Å². The van der Waals surface area contributed by atoms with Crippen molar-refractivity contribution >= 4 is 23.6 Å². The lowest BCUT2D eigenvalue weighted by atomic mass is 10.4. The van der Waals surface area contributed by atoms with Crippen LogP contribution in [0, 0.1) is 0 Å². The Hall–Kier alpha value is -1.53. The second-order valence-corrected chi connectivity index (χ2v) is 6.40. The van der Waals surface area contributed by atoms with Crippen LogP contribution < -0.4 is 16.4 Å². The van der Waals surface area contributed by atoms with Crippen LogP contribution in [0.5, 0.6) is 0 Å². The van der Waals surface area contributed by atoms with Gasteiger partial charge in [0.25, 0.3) is 0 Å². The monoisotopic (exact) mass is 293 g/mol. The Labute approximate surface area is 122 Å². The number of thioether (sulfide) groups is 1. The normalized spacial score (nSPS) is 15.4. The third-order valence-electron chi connectivity index (χ3n) is 3.12. The molecule has 0 radical (unpaired) electrons. The first-order chi connectivity index (χ1) is 9.63. The molecule has 1 saturated carbocycles. The van der Waals surface area contributed by atoms with Gasteiger partial charge in [0.2, 0.25) is 11.8 Å². The summed E-state index contributed by atoms with van der Waals surface area (Å²) in [5.41, 5.74) is 5.15. The van der Waals surface area contributed by atoms with Gasteiger partial charge in [0.15, 0.2) is 0 Å². The van der Waals surface area contributed by atoms with Gasteiger partial charge in [0.1, 0.15) is 0 Å². The Morgan fingerprint density at radius 1 is 1.15 bits per heavy atom. The van der Waals surface area contributed by atoms with Crippen molar-refractivity contribution in [2.24, 2.45) is 5.73 Å². The second-order valence-electron chi connectivity index (χ2n) is 4.86. The molecule has 0 heterocycles. The molecule has 20 heavy (non-hydrogen) atoms. The van der Waals surface area contributed by atoms with Gasteiger partial charge in [0.05, 0.1) is 13.1 Å². The van der Waals surface area contributed by atoms with Crippen molar-refractivity contribution in [1.82, 2.24) is 10.6 Å². The molecule has 6 heteroatoms. The number of amides is 2. The van der Waals surface area contributed by atoms with Gasteiger partial charge in [-0.15, -0.1) is 11.8 Å². The van der Waals surface area contributed by atoms with Crippen LogP contribution >= 0.6 is 11.8 Å². The number of nitrogens with one attached hydrogen (secondary N) is 2. The lowest BCUT2D eigenvalue weighted by molar-refractivity contribution is -0.125. The molecular weight excluding hydrogens is 274 g/mol. The van der Waals surface area contributed by atoms with Crippen molar-refractivity contribution in [2.45, 2.75) is 22.5 Å². The second kappa shape index (κ2) is 6.76. The Kier molecular flexibility index (Phi) is 5.03. The van der Waals surface area contributed by atoms with Crippen LogP contribution in [0.4, 0.5) is 0 Å². The molecule has 1 aliphatic carbocycles. The van der Waals surface area contributed by atoms with E-state index in [0.717, 1.165) is 12.8 Å². The maximum atomic E-state index is 11.6. The number of carbonyl (C=O) groups is 2. The zero-order chi connectivity index (χ0) is 14.4. The molecule has 0 aromatic heterocycles. The predicted molar refractivity (Wildman–Crippen MR) is 79.3 cm³/mol. The largest absolute Gasteiger partial charge is 0.353 e. The van der Waals surface area contributed by atoms with Crippen LogP contribution in [0.3, 0.4) is 0 Å². The van der Waals surface area contributed by atoms with Crippen molar-refractivity contribution in [3.63, 3.8) is 0 Å². The number of carbonyl (C=O) groups excluding carboxylic acids is 2. The zero-order valence-corrected chi connectivity index (χ0v) is 12.0. The average Bonchev–Trinajstić information content (AvgIpc) is 3.23. The highest BCUT2D eigenvalue weighted by atomic mass is 32.2. The van der Waals surface area contributed by atoms with E-state index in [-0.39, 0.29) is 29.7 Å². The summed E-state index contributed by atoms with van der Waals surface area (Å²) in [5.74, 6) is -0.494. The van der Waals surface area contributed by atoms with Gasteiger partial charge >= 0.3 is 0 Å². The molecule has 0 saturated heterocycles. The van der Waals surface area contributed by atoms with Gasteiger partial charge in [-0.3, -0.25) is 9.59 Å². The molecule has 1 aromatic carbocycles. The average molecular weight is 293 g/mol. The smallest absolute Gasteiger partial charge is 0.239 e. The molecular formula is C14H19N3O2S. The summed E-state index contributed by atoms with van der Waals surface area (Å²) in [6.45, 7) is 0.521. The molecule has 1 aliphatic rings. The van der Waals surface area contributed by atoms with Crippen LogP contribution in [0.25, 0.3) is 0 Å². The molecule has 0 aliphatic heterocycles. The molecule has 5 nitrogen and oxygen atoms in total. The van der Waals surface area contributed by atoms with Crippen LogP contribution in [0.1, 0.15) is 12.8 Å². The highest BCUT2D eigenvalue weighted by Gasteiger charge is 2.43. The van der Waals surface area contributed by atoms with Crippen molar-refractivity contribution in [1.29, 1.82) is 0 Å². The predicted octanol–water partition coefficient (Wildman–Crippen LogP) is 0.502. The first-order valence-corrected chi connectivity index (χ1v) is 7.43. The van der Waals surface area contributed by atoms with E-state index in [2.05, 4.69) is 22.8 Å². The summed E-state index contributed by atoms with van der Waals surface area (Å²) in [6.07, 6.45) is 2.20. The highest BCUT2D eigenvalue weighted by molar-refractivity contribution is 8.01. The Morgan fingerprint density at radius 2 is 1.85 bits per heavy atom. The third-order valence-corrected chi connectivity index (χ3v) is 4.62. The molecule has 108 valence electrons. The third kappa shape index (κ3) is 4.54. The molecule has 0 atom stereocenters. The molecule has 0 spiro atoms. The standard InChI is InChI=1S/C14H19N3O2S/c15-8-12(18)16-9-13(19)17-10-14(6-7-14)20-11-4-2-1-3-5-11/h1-5H,6-10,15H2,(H,16,18)(H,17,19). The summed E-state index contributed by atoms with van der Waals surface area (Å²) in [4.78, 5) is 23.8. The van der Waals surface area contributed by atoms with Gasteiger partial charge < -0.3 is 16.4 Å². The van der Waals surface area contributed by atoms with Crippen LogP contribution in [0.2, 0.25) is 0 Å². The van der Waals surface area contributed by atoms with Crippen molar-refractivity contribution in [2.75, 3.05) is 19.6 Å². The fourth-order valence-corrected chi connectivity index (χ4v) is 3.01. The minimum Gasteiger partial charge on any atom is -0.353 e. The van der Waals surface area contributed by atoms with Gasteiger partial charge in [-0.05, 0) is 25.0 Å². The Balaban J connectivity index is 1.73. The number of hydrogen-bond acceptors (Lipinski definition) is 4. The quantitative estimate of drug-likeness (QED) is 0.683. The summed E-state index contributed by atoms with van der Waals surface area (Å²) in [6, 6.07) is 10.2. The minimum absolute atomic E-state index is 0.0118. The molecule has 0 bridgehead atoms. The minimum atomic E-state index is -0.319. The van der Waals surface area contributed by atoms with E-state index in [1.54, 1.807) is 11.8 Å². The van der Waals surface area contributed by atoms with Gasteiger partial charge in [0, 0.05) is 16.2 Å². The summed E-state index contributed by atoms with van der Waals surface area (Å²) in [7, 11) is 0. The van der Waals surface area contributed by atoms with Crippen LogP contribution in [-0.2, 0) is 9.59 Å². The van der Waals surface area contributed by atoms with Gasteiger partial charge in [-0.2, -0.15) is 0 Å². The number of rotatable bonds is 7. The number of nitrogens with two attached hydrogens (primary N) is 1. The highest BCUT2D eigenvalue weighted by Crippen LogP contribution is 2.51. The SMILES string of the molecule is NCC(=O)NCC(=O)NCC1(Sc2ccccc2)CC1.